The van der Waals surface area contributed by atoms with Crippen LogP contribution in [-0.4, -0.2) is 8.42 Å². The van der Waals surface area contributed by atoms with Gasteiger partial charge in [0.25, 0.3) is 9.05 Å². The van der Waals surface area contributed by atoms with E-state index in [1.165, 1.54) is 0 Å². The van der Waals surface area contributed by atoms with Crippen LogP contribution in [-0.2, 0) is 9.05 Å². The maximum absolute atomic E-state index is 11.5. The molecule has 0 aliphatic rings. The minimum absolute atomic E-state index is 0.171. The third-order valence-electron chi connectivity index (χ3n) is 2.91. The molecule has 0 fully saturated rings. The fourth-order valence-corrected chi connectivity index (χ4v) is 3.15. The smallest absolute Gasteiger partial charge is 0.207 e. The Kier molecular flexibility index (Phi) is 3.46. The van der Waals surface area contributed by atoms with Gasteiger partial charge in [0.2, 0.25) is 0 Å². The summed E-state index contributed by atoms with van der Waals surface area (Å²) in [6.45, 7) is 3.72. The van der Waals surface area contributed by atoms with Crippen molar-refractivity contribution in [2.24, 2.45) is 0 Å². The lowest BCUT2D eigenvalue weighted by Crippen LogP contribution is -1.95. The molecule has 0 bridgehead atoms. The summed E-state index contributed by atoms with van der Waals surface area (Å²) in [5.41, 5.74) is 3.62. The normalized spacial score (nSPS) is 11.5. The average molecular weight is 281 g/mol. The monoisotopic (exact) mass is 280 g/mol. The molecule has 0 aliphatic heterocycles. The molecular weight excluding hydrogens is 268 g/mol. The topological polar surface area (TPSA) is 34.1 Å². The molecule has 94 valence electrons. The predicted octanol–water partition coefficient (Wildman–Crippen LogP) is 3.90. The highest BCUT2D eigenvalue weighted by Gasteiger charge is 2.14. The van der Waals surface area contributed by atoms with E-state index >= 15 is 0 Å². The molecule has 0 aliphatic carbocycles. The van der Waals surface area contributed by atoms with Crippen LogP contribution in [0, 0.1) is 13.8 Å². The Morgan fingerprint density at radius 3 is 2.22 bits per heavy atom. The predicted molar refractivity (Wildman–Crippen MR) is 74.4 cm³/mol. The van der Waals surface area contributed by atoms with Crippen LogP contribution in [0.25, 0.3) is 11.1 Å². The summed E-state index contributed by atoms with van der Waals surface area (Å²) in [5, 5.41) is 0. The van der Waals surface area contributed by atoms with E-state index in [0.29, 0.717) is 5.56 Å². The van der Waals surface area contributed by atoms with E-state index in [1.807, 2.05) is 37.3 Å². The van der Waals surface area contributed by atoms with Gasteiger partial charge in [-0.2, -0.15) is 0 Å². The third-order valence-corrected chi connectivity index (χ3v) is 4.37. The zero-order chi connectivity index (χ0) is 13.3. The molecule has 0 saturated carbocycles. The maximum atomic E-state index is 11.5. The molecule has 0 unspecified atom stereocenters. The molecule has 4 heteroatoms. The van der Waals surface area contributed by atoms with E-state index < -0.39 is 9.05 Å². The van der Waals surface area contributed by atoms with E-state index in [1.54, 1.807) is 19.1 Å². The number of hydrogen-bond donors (Lipinski definition) is 0. The van der Waals surface area contributed by atoms with Crippen LogP contribution < -0.4 is 0 Å². The van der Waals surface area contributed by atoms with Gasteiger partial charge in [-0.05, 0) is 42.2 Å². The molecule has 0 saturated heterocycles. The highest BCUT2D eigenvalue weighted by Crippen LogP contribution is 2.28. The minimum Gasteiger partial charge on any atom is -0.207 e. The Morgan fingerprint density at radius 1 is 0.944 bits per heavy atom. The molecule has 0 heterocycles. The van der Waals surface area contributed by atoms with Gasteiger partial charge in [0.1, 0.15) is 0 Å². The fraction of sp³-hybridized carbons (Fsp3) is 0.143. The van der Waals surface area contributed by atoms with Crippen LogP contribution >= 0.6 is 10.7 Å². The third kappa shape index (κ3) is 2.57. The van der Waals surface area contributed by atoms with Gasteiger partial charge in [0.15, 0.2) is 0 Å². The van der Waals surface area contributed by atoms with E-state index in [2.05, 4.69) is 0 Å². The minimum atomic E-state index is -3.70. The molecule has 0 amide bonds. The molecule has 0 atom stereocenters. The lowest BCUT2D eigenvalue weighted by Gasteiger charge is -2.09. The van der Waals surface area contributed by atoms with E-state index in [9.17, 15) is 8.42 Å². The molecule has 0 radical (unpaired) electrons. The first kappa shape index (κ1) is 13.1. The Morgan fingerprint density at radius 2 is 1.61 bits per heavy atom. The Hall–Kier alpha value is -1.32. The second-order valence-electron chi connectivity index (χ2n) is 4.23. The van der Waals surface area contributed by atoms with Crippen molar-refractivity contribution >= 4 is 19.7 Å². The number of benzene rings is 2. The van der Waals surface area contributed by atoms with Crippen molar-refractivity contribution in [2.45, 2.75) is 18.7 Å². The Labute approximate surface area is 112 Å². The fourth-order valence-electron chi connectivity index (χ4n) is 1.93. The molecule has 0 aromatic heterocycles. The molecule has 2 rings (SSSR count). The van der Waals surface area contributed by atoms with Crippen molar-refractivity contribution < 1.29 is 8.42 Å². The summed E-state index contributed by atoms with van der Waals surface area (Å²) in [5.74, 6) is 0. The second kappa shape index (κ2) is 4.75. The molecule has 0 N–H and O–H groups in total. The highest BCUT2D eigenvalue weighted by molar-refractivity contribution is 8.13. The van der Waals surface area contributed by atoms with E-state index in [-0.39, 0.29) is 4.90 Å². The molecule has 18 heavy (non-hydrogen) atoms. The van der Waals surface area contributed by atoms with Crippen LogP contribution in [0.15, 0.2) is 47.4 Å². The van der Waals surface area contributed by atoms with Crippen molar-refractivity contribution in [3.05, 3.63) is 53.6 Å². The summed E-state index contributed by atoms with van der Waals surface area (Å²) in [6, 6.07) is 13.1. The number of aryl methyl sites for hydroxylation is 2. The Balaban J connectivity index is 2.66. The van der Waals surface area contributed by atoms with Gasteiger partial charge in [0, 0.05) is 10.7 Å². The summed E-state index contributed by atoms with van der Waals surface area (Å²) < 4.78 is 23.0. The molecule has 0 spiro atoms. The number of rotatable bonds is 2. The van der Waals surface area contributed by atoms with Crippen LogP contribution in [0.1, 0.15) is 11.1 Å². The van der Waals surface area contributed by atoms with Gasteiger partial charge in [-0.15, -0.1) is 0 Å². The highest BCUT2D eigenvalue weighted by atomic mass is 35.7. The summed E-state index contributed by atoms with van der Waals surface area (Å²) >= 11 is 0. The molecule has 2 nitrogen and oxygen atoms in total. The van der Waals surface area contributed by atoms with Gasteiger partial charge >= 0.3 is 0 Å². The summed E-state index contributed by atoms with van der Waals surface area (Å²) in [4.78, 5) is 0.171. The van der Waals surface area contributed by atoms with Crippen LogP contribution in [0.3, 0.4) is 0 Å². The van der Waals surface area contributed by atoms with Crippen LogP contribution in [0.5, 0.6) is 0 Å². The number of halogens is 1. The second-order valence-corrected chi connectivity index (χ2v) is 6.77. The van der Waals surface area contributed by atoms with Gasteiger partial charge in [-0.1, -0.05) is 36.4 Å². The first-order valence-electron chi connectivity index (χ1n) is 5.51. The lowest BCUT2D eigenvalue weighted by atomic mass is 10.00. The van der Waals surface area contributed by atoms with Gasteiger partial charge < -0.3 is 0 Å². The molecular formula is C14H13ClO2S. The molecule has 2 aromatic carbocycles. The largest absolute Gasteiger partial charge is 0.261 e. The van der Waals surface area contributed by atoms with Gasteiger partial charge in [0.05, 0.1) is 4.90 Å². The first-order valence-corrected chi connectivity index (χ1v) is 7.82. The quantitative estimate of drug-likeness (QED) is 0.782. The standard InChI is InChI=1S/C14H13ClO2S/c1-10-5-3-4-6-13(10)12-8-7-11(2)14(9-12)18(15,16)17/h3-9H,1-2H3. The van der Waals surface area contributed by atoms with Crippen LogP contribution in [0.4, 0.5) is 0 Å². The van der Waals surface area contributed by atoms with Crippen molar-refractivity contribution in [3.8, 4) is 11.1 Å². The lowest BCUT2D eigenvalue weighted by molar-refractivity contribution is 0.609. The van der Waals surface area contributed by atoms with E-state index in [0.717, 1.165) is 16.7 Å². The van der Waals surface area contributed by atoms with E-state index in [4.69, 9.17) is 10.7 Å². The van der Waals surface area contributed by atoms with Gasteiger partial charge in [-0.3, -0.25) is 0 Å². The molecule has 2 aromatic rings. The van der Waals surface area contributed by atoms with Crippen molar-refractivity contribution in [2.75, 3.05) is 0 Å². The number of hydrogen-bond acceptors (Lipinski definition) is 2. The zero-order valence-electron chi connectivity index (χ0n) is 10.1. The Bertz CT molecular complexity index is 691. The first-order chi connectivity index (χ1) is 8.39. The summed E-state index contributed by atoms with van der Waals surface area (Å²) in [6.07, 6.45) is 0. The SMILES string of the molecule is Cc1ccccc1-c1ccc(C)c(S(=O)(=O)Cl)c1. The zero-order valence-corrected chi connectivity index (χ0v) is 11.7. The van der Waals surface area contributed by atoms with Gasteiger partial charge in [-0.25, -0.2) is 8.42 Å². The van der Waals surface area contributed by atoms with Crippen molar-refractivity contribution in [1.82, 2.24) is 0 Å². The summed E-state index contributed by atoms with van der Waals surface area (Å²) in [7, 11) is 1.73. The van der Waals surface area contributed by atoms with Crippen LogP contribution in [0.2, 0.25) is 0 Å². The average Bonchev–Trinajstić information content (AvgIpc) is 2.29. The van der Waals surface area contributed by atoms with Crippen molar-refractivity contribution in [1.29, 1.82) is 0 Å². The van der Waals surface area contributed by atoms with Crippen molar-refractivity contribution in [3.63, 3.8) is 0 Å². The maximum Gasteiger partial charge on any atom is 0.261 e.